The van der Waals surface area contributed by atoms with Gasteiger partial charge >= 0.3 is 0 Å². The highest BCUT2D eigenvalue weighted by Gasteiger charge is 2.23. The highest BCUT2D eigenvalue weighted by Crippen LogP contribution is 2.47. The van der Waals surface area contributed by atoms with Crippen molar-refractivity contribution in [2.45, 2.75) is 98.8 Å². The molecular formula is C31H40. The summed E-state index contributed by atoms with van der Waals surface area (Å²) in [4.78, 5) is 0. The molecule has 0 unspecified atom stereocenters. The van der Waals surface area contributed by atoms with E-state index in [4.69, 9.17) is 0 Å². The summed E-state index contributed by atoms with van der Waals surface area (Å²) in [6.45, 7) is 23.5. The Balaban J connectivity index is 2.39. The fraction of sp³-hybridized carbons (Fsp3) is 0.484. The van der Waals surface area contributed by atoms with Gasteiger partial charge in [-0.1, -0.05) is 87.4 Å². The lowest BCUT2D eigenvalue weighted by Gasteiger charge is -2.26. The van der Waals surface area contributed by atoms with E-state index in [1.807, 2.05) is 0 Å². The molecule has 0 N–H and O–H groups in total. The number of benzene rings is 4. The van der Waals surface area contributed by atoms with Gasteiger partial charge in [-0.05, 0) is 102 Å². The Morgan fingerprint density at radius 2 is 0.645 bits per heavy atom. The molecular weight excluding hydrogens is 372 g/mol. The Hall–Kier alpha value is -2.08. The quantitative estimate of drug-likeness (QED) is 0.286. The van der Waals surface area contributed by atoms with Gasteiger partial charge in [0.1, 0.15) is 0 Å². The minimum Gasteiger partial charge on any atom is -0.0587 e. The Labute approximate surface area is 189 Å². The van der Waals surface area contributed by atoms with Gasteiger partial charge in [-0.15, -0.1) is 0 Å². The first-order chi connectivity index (χ1) is 14.5. The van der Waals surface area contributed by atoms with E-state index in [2.05, 4.69) is 99.6 Å². The fourth-order valence-corrected chi connectivity index (χ4v) is 5.44. The van der Waals surface area contributed by atoms with Gasteiger partial charge in [0.25, 0.3) is 0 Å². The molecule has 0 saturated heterocycles. The van der Waals surface area contributed by atoms with E-state index < -0.39 is 0 Å². The molecule has 0 aliphatic heterocycles. The van der Waals surface area contributed by atoms with Crippen molar-refractivity contribution in [3.8, 4) is 0 Å². The zero-order valence-electron chi connectivity index (χ0n) is 21.3. The normalized spacial score (nSPS) is 13.0. The summed E-state index contributed by atoms with van der Waals surface area (Å²) in [5.41, 5.74) is 7.48. The van der Waals surface area contributed by atoms with Crippen LogP contribution in [0.1, 0.15) is 127 Å². The lowest BCUT2D eigenvalue weighted by molar-refractivity contribution is 0.843. The molecule has 0 fully saturated rings. The average Bonchev–Trinajstić information content (AvgIpc) is 2.69. The van der Waals surface area contributed by atoms with E-state index in [9.17, 15) is 0 Å². The molecule has 4 aromatic rings. The molecule has 0 spiro atoms. The van der Waals surface area contributed by atoms with Gasteiger partial charge in [0.15, 0.2) is 0 Å². The SMILES string of the molecule is CC(C)c1cc2c(C(C)C)cc3c(C(C)C)cc(C(C)C)c4cc(C(C)C)c(c1)c2c34. The van der Waals surface area contributed by atoms with E-state index in [0.29, 0.717) is 29.6 Å². The van der Waals surface area contributed by atoms with Gasteiger partial charge in [-0.2, -0.15) is 0 Å². The highest BCUT2D eigenvalue weighted by atomic mass is 14.3. The van der Waals surface area contributed by atoms with E-state index in [1.165, 1.54) is 60.1 Å². The maximum atomic E-state index is 2.54. The second-order valence-corrected chi connectivity index (χ2v) is 11.2. The van der Waals surface area contributed by atoms with Crippen LogP contribution in [0.15, 0.2) is 30.3 Å². The van der Waals surface area contributed by atoms with Crippen molar-refractivity contribution >= 4 is 32.3 Å². The van der Waals surface area contributed by atoms with E-state index in [1.54, 1.807) is 0 Å². The van der Waals surface area contributed by atoms with Crippen LogP contribution in [-0.2, 0) is 0 Å². The number of hydrogen-bond donors (Lipinski definition) is 0. The van der Waals surface area contributed by atoms with Gasteiger partial charge < -0.3 is 0 Å². The zero-order chi connectivity index (χ0) is 22.8. The molecule has 0 nitrogen and oxygen atoms in total. The lowest BCUT2D eigenvalue weighted by atomic mass is 9.78. The van der Waals surface area contributed by atoms with Crippen LogP contribution in [0, 0.1) is 0 Å². The Bertz CT molecular complexity index is 1160. The summed E-state index contributed by atoms with van der Waals surface area (Å²) in [6, 6.07) is 12.6. The molecule has 0 aliphatic carbocycles. The molecule has 164 valence electrons. The summed E-state index contributed by atoms with van der Waals surface area (Å²) >= 11 is 0. The molecule has 0 atom stereocenters. The summed E-state index contributed by atoms with van der Waals surface area (Å²) in [6.07, 6.45) is 0. The second-order valence-electron chi connectivity index (χ2n) is 11.2. The smallest absolute Gasteiger partial charge is 0.00206 e. The third-order valence-electron chi connectivity index (χ3n) is 7.26. The number of rotatable bonds is 5. The van der Waals surface area contributed by atoms with Crippen molar-refractivity contribution in [1.82, 2.24) is 0 Å². The minimum absolute atomic E-state index is 0.501. The first-order valence-corrected chi connectivity index (χ1v) is 12.4. The van der Waals surface area contributed by atoms with Crippen LogP contribution in [0.25, 0.3) is 32.3 Å². The standard InChI is InChI=1S/C31H40/c1-16(2)21-11-26-24(19(7)8)14-28-22(17(3)4)13-23(18(5)6)29-15-25(20(9)10)27(12-21)30(26)31(28)29/h11-20H,1-10H3. The van der Waals surface area contributed by atoms with Crippen molar-refractivity contribution in [1.29, 1.82) is 0 Å². The highest BCUT2D eigenvalue weighted by molar-refractivity contribution is 6.26. The largest absolute Gasteiger partial charge is 0.0587 e. The molecule has 0 radical (unpaired) electrons. The lowest BCUT2D eigenvalue weighted by Crippen LogP contribution is -2.04. The van der Waals surface area contributed by atoms with Gasteiger partial charge in [0.05, 0.1) is 0 Å². The van der Waals surface area contributed by atoms with Crippen LogP contribution in [0.5, 0.6) is 0 Å². The minimum atomic E-state index is 0.501. The van der Waals surface area contributed by atoms with Gasteiger partial charge in [0, 0.05) is 0 Å². The maximum absolute atomic E-state index is 2.54. The predicted molar refractivity (Wildman–Crippen MR) is 141 cm³/mol. The van der Waals surface area contributed by atoms with E-state index >= 15 is 0 Å². The topological polar surface area (TPSA) is 0 Å². The monoisotopic (exact) mass is 412 g/mol. The summed E-state index contributed by atoms with van der Waals surface area (Å²) in [7, 11) is 0. The molecule has 0 amide bonds. The fourth-order valence-electron chi connectivity index (χ4n) is 5.44. The summed E-state index contributed by atoms with van der Waals surface area (Å²) < 4.78 is 0. The molecule has 31 heavy (non-hydrogen) atoms. The third kappa shape index (κ3) is 3.43. The molecule has 0 aromatic heterocycles. The van der Waals surface area contributed by atoms with Crippen LogP contribution in [0.2, 0.25) is 0 Å². The third-order valence-corrected chi connectivity index (χ3v) is 7.26. The van der Waals surface area contributed by atoms with Gasteiger partial charge in [0.2, 0.25) is 0 Å². The van der Waals surface area contributed by atoms with Crippen LogP contribution in [0.4, 0.5) is 0 Å². The first kappa shape index (κ1) is 22.1. The molecule has 4 aromatic carbocycles. The molecule has 4 rings (SSSR count). The van der Waals surface area contributed by atoms with E-state index in [0.717, 1.165) is 0 Å². The molecule has 0 saturated carbocycles. The van der Waals surface area contributed by atoms with Crippen molar-refractivity contribution in [3.63, 3.8) is 0 Å². The maximum Gasteiger partial charge on any atom is -0.00206 e. The van der Waals surface area contributed by atoms with Crippen LogP contribution in [0.3, 0.4) is 0 Å². The Kier molecular flexibility index (Phi) is 5.57. The first-order valence-electron chi connectivity index (χ1n) is 12.4. The van der Waals surface area contributed by atoms with Crippen molar-refractivity contribution in [3.05, 3.63) is 58.1 Å². The summed E-state index contributed by atoms with van der Waals surface area (Å²) in [5.74, 6) is 2.55. The van der Waals surface area contributed by atoms with E-state index in [-0.39, 0.29) is 0 Å². The van der Waals surface area contributed by atoms with Crippen molar-refractivity contribution < 1.29 is 0 Å². The van der Waals surface area contributed by atoms with Gasteiger partial charge in [-0.25, -0.2) is 0 Å². The predicted octanol–water partition coefficient (Wildman–Crippen LogP) is 10.2. The molecule has 0 heterocycles. The van der Waals surface area contributed by atoms with Gasteiger partial charge in [-0.3, -0.25) is 0 Å². The second kappa shape index (κ2) is 7.80. The van der Waals surface area contributed by atoms with Crippen molar-refractivity contribution in [2.24, 2.45) is 0 Å². The average molecular weight is 413 g/mol. The Morgan fingerprint density at radius 3 is 0.935 bits per heavy atom. The molecule has 0 bridgehead atoms. The number of hydrogen-bond acceptors (Lipinski definition) is 0. The van der Waals surface area contributed by atoms with Crippen molar-refractivity contribution in [2.75, 3.05) is 0 Å². The Morgan fingerprint density at radius 1 is 0.355 bits per heavy atom. The van der Waals surface area contributed by atoms with Crippen LogP contribution < -0.4 is 0 Å². The van der Waals surface area contributed by atoms with Crippen LogP contribution in [-0.4, -0.2) is 0 Å². The molecule has 0 heteroatoms. The van der Waals surface area contributed by atoms with Crippen LogP contribution >= 0.6 is 0 Å². The summed E-state index contributed by atoms with van der Waals surface area (Å²) in [5, 5.41) is 8.92. The molecule has 0 aliphatic rings. The zero-order valence-corrected chi connectivity index (χ0v) is 21.3.